The first-order valence-electron chi connectivity index (χ1n) is 5.90. The molecule has 0 atom stereocenters. The van der Waals surface area contributed by atoms with E-state index >= 15 is 0 Å². The molecule has 0 heterocycles. The second-order valence-corrected chi connectivity index (χ2v) is 4.35. The second-order valence-electron chi connectivity index (χ2n) is 4.35. The van der Waals surface area contributed by atoms with Gasteiger partial charge in [0.2, 0.25) is 5.91 Å². The number of nitrogens with two attached hydrogens (primary N) is 1. The summed E-state index contributed by atoms with van der Waals surface area (Å²) in [5, 5.41) is 18.1. The number of primary amides is 1. The number of hydrogen-bond acceptors (Lipinski definition) is 3. The Morgan fingerprint density at radius 1 is 0.762 bits per heavy atom. The largest absolute Gasteiger partial charge is 0.478 e. The molecule has 0 aliphatic carbocycles. The highest BCUT2D eigenvalue weighted by Crippen LogP contribution is 2.24. The van der Waals surface area contributed by atoms with Gasteiger partial charge in [-0.2, -0.15) is 0 Å². The van der Waals surface area contributed by atoms with E-state index in [0.29, 0.717) is 11.1 Å². The highest BCUT2D eigenvalue weighted by molar-refractivity contribution is 5.97. The average molecular weight is 285 g/mol. The fraction of sp³-hybridized carbons (Fsp3) is 0. The van der Waals surface area contributed by atoms with Gasteiger partial charge in [-0.1, -0.05) is 12.1 Å². The molecular formula is C15H11NO5. The van der Waals surface area contributed by atoms with E-state index < -0.39 is 17.8 Å². The van der Waals surface area contributed by atoms with Crippen LogP contribution in [0.3, 0.4) is 0 Å². The highest BCUT2D eigenvalue weighted by Gasteiger charge is 2.13. The molecule has 2 rings (SSSR count). The molecule has 6 nitrogen and oxygen atoms in total. The molecule has 0 saturated heterocycles. The molecule has 0 aliphatic heterocycles. The second kappa shape index (κ2) is 5.46. The molecule has 0 aliphatic rings. The van der Waals surface area contributed by atoms with E-state index in [2.05, 4.69) is 0 Å². The summed E-state index contributed by atoms with van der Waals surface area (Å²) in [6.07, 6.45) is 0. The summed E-state index contributed by atoms with van der Waals surface area (Å²) in [5.41, 5.74) is 6.05. The monoisotopic (exact) mass is 285 g/mol. The van der Waals surface area contributed by atoms with Crippen LogP contribution in [-0.2, 0) is 0 Å². The minimum Gasteiger partial charge on any atom is -0.478 e. The first-order chi connectivity index (χ1) is 9.88. The normalized spacial score (nSPS) is 10.1. The third-order valence-corrected chi connectivity index (χ3v) is 2.91. The molecular weight excluding hydrogens is 274 g/mol. The molecule has 21 heavy (non-hydrogen) atoms. The Hall–Kier alpha value is -3.15. The van der Waals surface area contributed by atoms with Crippen LogP contribution >= 0.6 is 0 Å². The van der Waals surface area contributed by atoms with E-state index in [9.17, 15) is 14.4 Å². The lowest BCUT2D eigenvalue weighted by Crippen LogP contribution is -2.10. The number of amides is 1. The van der Waals surface area contributed by atoms with Crippen molar-refractivity contribution in [1.29, 1.82) is 0 Å². The van der Waals surface area contributed by atoms with Crippen LogP contribution in [0.15, 0.2) is 42.5 Å². The Bertz CT molecular complexity index is 719. The van der Waals surface area contributed by atoms with Gasteiger partial charge < -0.3 is 15.9 Å². The van der Waals surface area contributed by atoms with E-state index in [0.717, 1.165) is 6.07 Å². The maximum Gasteiger partial charge on any atom is 0.335 e. The average Bonchev–Trinajstić information content (AvgIpc) is 2.46. The topological polar surface area (TPSA) is 118 Å². The van der Waals surface area contributed by atoms with Gasteiger partial charge in [-0.3, -0.25) is 4.79 Å². The third kappa shape index (κ3) is 3.06. The standard InChI is InChI=1S/C15H11NO5/c16-13(17)9-3-1-2-8(4-9)10-5-11(14(18)19)7-12(6-10)15(20)21/h1-7H,(H2,16,17)(H,18,19)(H,20,21). The smallest absolute Gasteiger partial charge is 0.335 e. The fourth-order valence-electron chi connectivity index (χ4n) is 1.89. The molecule has 0 spiro atoms. The van der Waals surface area contributed by atoms with Crippen molar-refractivity contribution in [3.8, 4) is 11.1 Å². The zero-order valence-electron chi connectivity index (χ0n) is 10.7. The van der Waals surface area contributed by atoms with Crippen molar-refractivity contribution in [3.05, 3.63) is 59.2 Å². The van der Waals surface area contributed by atoms with Gasteiger partial charge in [-0.25, -0.2) is 9.59 Å². The Kier molecular flexibility index (Phi) is 3.71. The van der Waals surface area contributed by atoms with Crippen LogP contribution in [0, 0.1) is 0 Å². The molecule has 1 amide bonds. The van der Waals surface area contributed by atoms with Crippen LogP contribution in [0.2, 0.25) is 0 Å². The number of aromatic carboxylic acids is 2. The lowest BCUT2D eigenvalue weighted by molar-refractivity contribution is 0.0696. The lowest BCUT2D eigenvalue weighted by Gasteiger charge is -2.07. The Labute approximate surface area is 119 Å². The molecule has 0 unspecified atom stereocenters. The summed E-state index contributed by atoms with van der Waals surface area (Å²) in [6, 6.07) is 9.98. The van der Waals surface area contributed by atoms with Gasteiger partial charge in [-0.05, 0) is 41.5 Å². The molecule has 0 radical (unpaired) electrons. The number of rotatable bonds is 4. The molecule has 0 bridgehead atoms. The maximum atomic E-state index is 11.2. The summed E-state index contributed by atoms with van der Waals surface area (Å²) >= 11 is 0. The summed E-state index contributed by atoms with van der Waals surface area (Å²) in [7, 11) is 0. The highest BCUT2D eigenvalue weighted by atomic mass is 16.4. The Morgan fingerprint density at radius 2 is 1.29 bits per heavy atom. The van der Waals surface area contributed by atoms with E-state index in [-0.39, 0.29) is 16.7 Å². The quantitative estimate of drug-likeness (QED) is 0.792. The van der Waals surface area contributed by atoms with Gasteiger partial charge in [0, 0.05) is 5.56 Å². The van der Waals surface area contributed by atoms with E-state index in [1.165, 1.54) is 24.3 Å². The van der Waals surface area contributed by atoms with Crippen molar-refractivity contribution in [2.45, 2.75) is 0 Å². The molecule has 106 valence electrons. The molecule has 4 N–H and O–H groups in total. The van der Waals surface area contributed by atoms with Crippen LogP contribution in [0.1, 0.15) is 31.1 Å². The lowest BCUT2D eigenvalue weighted by atomic mass is 9.98. The summed E-state index contributed by atoms with van der Waals surface area (Å²) < 4.78 is 0. The molecule has 2 aromatic rings. The van der Waals surface area contributed by atoms with Crippen molar-refractivity contribution in [3.63, 3.8) is 0 Å². The molecule has 0 aromatic heterocycles. The number of carboxylic acid groups (broad SMARTS) is 2. The minimum absolute atomic E-state index is 0.144. The van der Waals surface area contributed by atoms with Crippen molar-refractivity contribution < 1.29 is 24.6 Å². The molecule has 2 aromatic carbocycles. The van der Waals surface area contributed by atoms with Gasteiger partial charge in [0.15, 0.2) is 0 Å². The first kappa shape index (κ1) is 14.3. The van der Waals surface area contributed by atoms with Gasteiger partial charge in [0.25, 0.3) is 0 Å². The minimum atomic E-state index is -1.23. The van der Waals surface area contributed by atoms with Gasteiger partial charge in [-0.15, -0.1) is 0 Å². The van der Waals surface area contributed by atoms with E-state index in [1.54, 1.807) is 12.1 Å². The summed E-state index contributed by atoms with van der Waals surface area (Å²) in [4.78, 5) is 33.3. The van der Waals surface area contributed by atoms with Gasteiger partial charge >= 0.3 is 11.9 Å². The number of benzene rings is 2. The van der Waals surface area contributed by atoms with Gasteiger partial charge in [0.1, 0.15) is 0 Å². The molecule has 0 saturated carbocycles. The van der Waals surface area contributed by atoms with Crippen molar-refractivity contribution >= 4 is 17.8 Å². The maximum absolute atomic E-state index is 11.2. The zero-order chi connectivity index (χ0) is 15.6. The predicted molar refractivity (Wildman–Crippen MR) is 74.3 cm³/mol. The SMILES string of the molecule is NC(=O)c1cccc(-c2cc(C(=O)O)cc(C(=O)O)c2)c1. The van der Waals surface area contributed by atoms with Crippen molar-refractivity contribution in [2.24, 2.45) is 5.73 Å². The van der Waals surface area contributed by atoms with Crippen LogP contribution in [0.25, 0.3) is 11.1 Å². The van der Waals surface area contributed by atoms with Crippen molar-refractivity contribution in [1.82, 2.24) is 0 Å². The predicted octanol–water partition coefficient (Wildman–Crippen LogP) is 1.85. The fourth-order valence-corrected chi connectivity index (χ4v) is 1.89. The van der Waals surface area contributed by atoms with Crippen LogP contribution in [0.5, 0.6) is 0 Å². The van der Waals surface area contributed by atoms with Crippen LogP contribution in [-0.4, -0.2) is 28.1 Å². The molecule has 6 heteroatoms. The summed E-state index contributed by atoms with van der Waals surface area (Å²) in [5.74, 6) is -3.08. The Morgan fingerprint density at radius 3 is 1.76 bits per heavy atom. The van der Waals surface area contributed by atoms with E-state index in [1.807, 2.05) is 0 Å². The van der Waals surface area contributed by atoms with Gasteiger partial charge in [0.05, 0.1) is 11.1 Å². The van der Waals surface area contributed by atoms with Crippen LogP contribution in [0.4, 0.5) is 0 Å². The van der Waals surface area contributed by atoms with Crippen LogP contribution < -0.4 is 5.73 Å². The zero-order valence-corrected chi connectivity index (χ0v) is 10.7. The van der Waals surface area contributed by atoms with E-state index in [4.69, 9.17) is 15.9 Å². The Balaban J connectivity index is 2.62. The first-order valence-corrected chi connectivity index (χ1v) is 5.90. The number of carbonyl (C=O) groups is 3. The number of hydrogen-bond donors (Lipinski definition) is 3. The molecule has 0 fully saturated rings. The summed E-state index contributed by atoms with van der Waals surface area (Å²) in [6.45, 7) is 0. The number of carbonyl (C=O) groups excluding carboxylic acids is 1. The number of carboxylic acids is 2. The van der Waals surface area contributed by atoms with Crippen molar-refractivity contribution in [2.75, 3.05) is 0 Å². The third-order valence-electron chi connectivity index (χ3n) is 2.91.